The molecule has 0 unspecified atom stereocenters. The molecule has 1 aromatic rings. The largest absolute Gasteiger partial charge is 0.503 e. The number of hydrogen-bond acceptors (Lipinski definition) is 6. The molecule has 0 heterocycles. The van der Waals surface area contributed by atoms with Gasteiger partial charge in [0.15, 0.2) is 5.78 Å². The number of carbonyl (C=O) groups is 2. The summed E-state index contributed by atoms with van der Waals surface area (Å²) >= 11 is 0. The SMILES string of the molecule is COC=C(C(=O)OC)c1ccccc1CON=C(C)C(=O)C(C)C. The van der Waals surface area contributed by atoms with Gasteiger partial charge in [0.25, 0.3) is 0 Å². The second kappa shape index (κ2) is 9.50. The second-order valence-corrected chi connectivity index (χ2v) is 5.39. The number of esters is 1. The molecule has 130 valence electrons. The number of nitrogens with zero attached hydrogens (tertiary/aromatic N) is 1. The first-order chi connectivity index (χ1) is 11.4. The lowest BCUT2D eigenvalue weighted by Crippen LogP contribution is -2.17. The standard InChI is InChI=1S/C18H23NO5/c1-12(2)17(20)13(3)19-24-10-14-8-6-7-9-15(14)16(11-22-4)18(21)23-5/h6-9,11-12H,10H2,1-5H3. The van der Waals surface area contributed by atoms with Gasteiger partial charge >= 0.3 is 5.97 Å². The fourth-order valence-electron chi connectivity index (χ4n) is 2.02. The Morgan fingerprint density at radius 1 is 1.21 bits per heavy atom. The lowest BCUT2D eigenvalue weighted by atomic mass is 10.0. The third-order valence-corrected chi connectivity index (χ3v) is 3.25. The highest BCUT2D eigenvalue weighted by Crippen LogP contribution is 2.21. The maximum atomic E-state index is 11.9. The van der Waals surface area contributed by atoms with E-state index in [0.717, 1.165) is 5.56 Å². The Hall–Kier alpha value is -2.63. The van der Waals surface area contributed by atoms with Crippen molar-refractivity contribution in [2.75, 3.05) is 14.2 Å². The molecule has 0 bridgehead atoms. The van der Waals surface area contributed by atoms with Gasteiger partial charge < -0.3 is 14.3 Å². The minimum Gasteiger partial charge on any atom is -0.503 e. The molecule has 0 radical (unpaired) electrons. The summed E-state index contributed by atoms with van der Waals surface area (Å²) < 4.78 is 9.74. The predicted molar refractivity (Wildman–Crippen MR) is 91.2 cm³/mol. The second-order valence-electron chi connectivity index (χ2n) is 5.39. The molecule has 0 aromatic heterocycles. The van der Waals surface area contributed by atoms with Gasteiger partial charge in [0.05, 0.1) is 20.5 Å². The third kappa shape index (κ3) is 5.22. The zero-order valence-electron chi connectivity index (χ0n) is 14.7. The molecule has 1 aromatic carbocycles. The fraction of sp³-hybridized carbons (Fsp3) is 0.389. The molecule has 0 spiro atoms. The van der Waals surface area contributed by atoms with Crippen LogP contribution >= 0.6 is 0 Å². The number of Topliss-reactive ketones (excluding diaryl/α,β-unsaturated/α-hetero) is 1. The number of benzene rings is 1. The summed E-state index contributed by atoms with van der Waals surface area (Å²) in [6, 6.07) is 7.18. The van der Waals surface area contributed by atoms with Crippen LogP contribution in [0.1, 0.15) is 31.9 Å². The summed E-state index contributed by atoms with van der Waals surface area (Å²) in [6.07, 6.45) is 1.32. The van der Waals surface area contributed by atoms with Crippen molar-refractivity contribution in [3.8, 4) is 0 Å². The number of hydrogen-bond donors (Lipinski definition) is 0. The van der Waals surface area contributed by atoms with Crippen LogP contribution in [0.3, 0.4) is 0 Å². The van der Waals surface area contributed by atoms with Gasteiger partial charge in [-0.1, -0.05) is 43.3 Å². The van der Waals surface area contributed by atoms with E-state index in [9.17, 15) is 9.59 Å². The first-order valence-electron chi connectivity index (χ1n) is 7.52. The molecular weight excluding hydrogens is 310 g/mol. The fourth-order valence-corrected chi connectivity index (χ4v) is 2.02. The highest BCUT2D eigenvalue weighted by atomic mass is 16.6. The summed E-state index contributed by atoms with van der Waals surface area (Å²) in [5.41, 5.74) is 1.93. The molecule has 1 rings (SSSR count). The number of ether oxygens (including phenoxy) is 2. The molecule has 0 fully saturated rings. The van der Waals surface area contributed by atoms with Crippen molar-refractivity contribution in [1.29, 1.82) is 0 Å². The molecule has 0 saturated heterocycles. The van der Waals surface area contributed by atoms with Crippen molar-refractivity contribution in [2.45, 2.75) is 27.4 Å². The Morgan fingerprint density at radius 2 is 1.88 bits per heavy atom. The predicted octanol–water partition coefficient (Wildman–Crippen LogP) is 2.96. The van der Waals surface area contributed by atoms with Crippen LogP contribution in [0.4, 0.5) is 0 Å². The van der Waals surface area contributed by atoms with Crippen LogP contribution in [-0.2, 0) is 30.5 Å². The third-order valence-electron chi connectivity index (χ3n) is 3.25. The van der Waals surface area contributed by atoms with E-state index in [4.69, 9.17) is 14.3 Å². The van der Waals surface area contributed by atoms with Crippen LogP contribution in [0.25, 0.3) is 5.57 Å². The Kier molecular flexibility index (Phi) is 7.68. The first-order valence-corrected chi connectivity index (χ1v) is 7.52. The van der Waals surface area contributed by atoms with Crippen molar-refractivity contribution in [1.82, 2.24) is 0 Å². The van der Waals surface area contributed by atoms with Gasteiger partial charge in [0, 0.05) is 11.5 Å². The molecule has 0 N–H and O–H groups in total. The average Bonchev–Trinajstić information content (AvgIpc) is 2.58. The maximum absolute atomic E-state index is 11.9. The van der Waals surface area contributed by atoms with Gasteiger partial charge in [-0.3, -0.25) is 4.79 Å². The van der Waals surface area contributed by atoms with Crippen molar-refractivity contribution in [2.24, 2.45) is 11.1 Å². The average molecular weight is 333 g/mol. The summed E-state index contributed by atoms with van der Waals surface area (Å²) in [5.74, 6) is -0.725. The van der Waals surface area contributed by atoms with Gasteiger partial charge in [0.1, 0.15) is 17.9 Å². The van der Waals surface area contributed by atoms with Crippen LogP contribution in [0.2, 0.25) is 0 Å². The Balaban J connectivity index is 2.99. The van der Waals surface area contributed by atoms with E-state index in [1.165, 1.54) is 20.5 Å². The Morgan fingerprint density at radius 3 is 2.46 bits per heavy atom. The number of oxime groups is 1. The lowest BCUT2D eigenvalue weighted by Gasteiger charge is -2.11. The molecule has 0 aliphatic rings. The number of carbonyl (C=O) groups excluding carboxylic acids is 2. The minimum atomic E-state index is -0.515. The molecule has 0 amide bonds. The Bertz CT molecular complexity index is 647. The van der Waals surface area contributed by atoms with E-state index in [-0.39, 0.29) is 23.9 Å². The van der Waals surface area contributed by atoms with Gasteiger partial charge in [-0.25, -0.2) is 4.79 Å². The van der Waals surface area contributed by atoms with Gasteiger partial charge in [-0.05, 0) is 12.5 Å². The normalized spacial score (nSPS) is 12.1. The van der Waals surface area contributed by atoms with E-state index in [2.05, 4.69) is 5.16 Å². The van der Waals surface area contributed by atoms with Crippen molar-refractivity contribution in [3.63, 3.8) is 0 Å². The Labute approximate surface area is 142 Å². The quantitative estimate of drug-likeness (QED) is 0.240. The van der Waals surface area contributed by atoms with Crippen LogP contribution in [-0.4, -0.2) is 31.7 Å². The van der Waals surface area contributed by atoms with Crippen LogP contribution in [0, 0.1) is 5.92 Å². The summed E-state index contributed by atoms with van der Waals surface area (Å²) in [7, 11) is 2.75. The molecule has 24 heavy (non-hydrogen) atoms. The monoisotopic (exact) mass is 333 g/mol. The maximum Gasteiger partial charge on any atom is 0.341 e. The minimum absolute atomic E-state index is 0.0715. The zero-order valence-corrected chi connectivity index (χ0v) is 14.7. The van der Waals surface area contributed by atoms with Crippen molar-refractivity contribution >= 4 is 23.0 Å². The van der Waals surface area contributed by atoms with Crippen LogP contribution in [0.15, 0.2) is 35.7 Å². The first kappa shape index (κ1) is 19.4. The lowest BCUT2D eigenvalue weighted by molar-refractivity contribution is -0.133. The van der Waals surface area contributed by atoms with Crippen LogP contribution in [0.5, 0.6) is 0 Å². The van der Waals surface area contributed by atoms with Gasteiger partial charge in [0.2, 0.25) is 0 Å². The van der Waals surface area contributed by atoms with Gasteiger partial charge in [-0.2, -0.15) is 0 Å². The van der Waals surface area contributed by atoms with E-state index >= 15 is 0 Å². The summed E-state index contributed by atoms with van der Waals surface area (Å²) in [5, 5.41) is 3.85. The highest BCUT2D eigenvalue weighted by molar-refractivity contribution is 6.39. The van der Waals surface area contributed by atoms with E-state index in [0.29, 0.717) is 11.3 Å². The van der Waals surface area contributed by atoms with Crippen molar-refractivity contribution < 1.29 is 23.9 Å². The molecule has 6 heteroatoms. The highest BCUT2D eigenvalue weighted by Gasteiger charge is 2.17. The smallest absolute Gasteiger partial charge is 0.341 e. The van der Waals surface area contributed by atoms with E-state index in [1.807, 2.05) is 6.07 Å². The topological polar surface area (TPSA) is 74.2 Å². The summed E-state index contributed by atoms with van der Waals surface area (Å²) in [4.78, 5) is 29.0. The number of rotatable bonds is 8. The summed E-state index contributed by atoms with van der Waals surface area (Å²) in [6.45, 7) is 5.32. The molecule has 6 nitrogen and oxygen atoms in total. The van der Waals surface area contributed by atoms with E-state index < -0.39 is 5.97 Å². The van der Waals surface area contributed by atoms with Crippen molar-refractivity contribution in [3.05, 3.63) is 41.7 Å². The molecule has 0 saturated carbocycles. The molecule has 0 aliphatic carbocycles. The van der Waals surface area contributed by atoms with Crippen LogP contribution < -0.4 is 0 Å². The zero-order chi connectivity index (χ0) is 18.1. The number of methoxy groups -OCH3 is 2. The molecule has 0 aliphatic heterocycles. The van der Waals surface area contributed by atoms with E-state index in [1.54, 1.807) is 39.0 Å². The number of ketones is 1. The van der Waals surface area contributed by atoms with Gasteiger partial charge in [-0.15, -0.1) is 0 Å². The molecular formula is C18H23NO5. The molecule has 0 atom stereocenters.